The van der Waals surface area contributed by atoms with Gasteiger partial charge in [0.15, 0.2) is 0 Å². The maximum atomic E-state index is 5.48. The van der Waals surface area contributed by atoms with Crippen LogP contribution >= 0.6 is 15.9 Å². The summed E-state index contributed by atoms with van der Waals surface area (Å²) >= 11 is 3.77. The van der Waals surface area contributed by atoms with E-state index in [0.29, 0.717) is 5.90 Å². The molecule has 0 spiro atoms. The Morgan fingerprint density at radius 3 is 2.68 bits per heavy atom. The zero-order valence-electron chi connectivity index (χ0n) is 10.6. The molecule has 0 aliphatic carbocycles. The third-order valence-electron chi connectivity index (χ3n) is 3.34. The predicted octanol–water partition coefficient (Wildman–Crippen LogP) is 4.40. The number of halogens is 1. The maximum Gasteiger partial charge on any atom is 0.221 e. The second-order valence-corrected chi connectivity index (χ2v) is 5.61. The molecule has 0 radical (unpaired) electrons. The summed E-state index contributed by atoms with van der Waals surface area (Å²) in [5.74, 6) is 0.683. The minimum Gasteiger partial charge on any atom is -0.481 e. The van der Waals surface area contributed by atoms with Crippen LogP contribution in [0.5, 0.6) is 0 Å². The Balaban J connectivity index is 2.24. The molecule has 2 aromatic rings. The third-order valence-corrected chi connectivity index (χ3v) is 4.15. The molecule has 0 N–H and O–H groups in total. The van der Waals surface area contributed by atoms with Gasteiger partial charge in [-0.1, -0.05) is 52.3 Å². The van der Waals surface area contributed by atoms with E-state index in [9.17, 15) is 0 Å². The van der Waals surface area contributed by atoms with E-state index in [-0.39, 0.29) is 4.83 Å². The lowest BCUT2D eigenvalue weighted by atomic mass is 9.97. The molecule has 2 nitrogen and oxygen atoms in total. The van der Waals surface area contributed by atoms with Gasteiger partial charge in [-0.2, -0.15) is 0 Å². The van der Waals surface area contributed by atoms with Crippen LogP contribution in [0, 0.1) is 0 Å². The number of hydrogen-bond donors (Lipinski definition) is 0. The molecule has 0 saturated carbocycles. The van der Waals surface area contributed by atoms with Crippen molar-refractivity contribution in [1.29, 1.82) is 0 Å². The second-order valence-electron chi connectivity index (χ2n) is 4.51. The monoisotopic (exact) mass is 315 g/mol. The van der Waals surface area contributed by atoms with Crippen LogP contribution in [0.4, 0.5) is 5.69 Å². The van der Waals surface area contributed by atoms with Crippen LogP contribution in [0.15, 0.2) is 53.5 Å². The van der Waals surface area contributed by atoms with Crippen LogP contribution in [0.2, 0.25) is 0 Å². The van der Waals surface area contributed by atoms with Gasteiger partial charge in [0, 0.05) is 10.4 Å². The van der Waals surface area contributed by atoms with Crippen molar-refractivity contribution in [2.75, 3.05) is 7.11 Å². The minimum atomic E-state index is 0.270. The van der Waals surface area contributed by atoms with Gasteiger partial charge < -0.3 is 4.74 Å². The summed E-state index contributed by atoms with van der Waals surface area (Å²) in [6, 6.07) is 16.4. The lowest BCUT2D eigenvalue weighted by Gasteiger charge is -2.19. The van der Waals surface area contributed by atoms with E-state index in [4.69, 9.17) is 4.74 Å². The first kappa shape index (κ1) is 12.4. The molecule has 0 bridgehead atoms. The number of hydrogen-bond acceptors (Lipinski definition) is 2. The fraction of sp³-hybridized carbons (Fsp3) is 0.188. The van der Waals surface area contributed by atoms with Crippen LogP contribution in [0.1, 0.15) is 21.5 Å². The number of aliphatic imine (C=N–C) groups is 1. The van der Waals surface area contributed by atoms with Gasteiger partial charge in [0.05, 0.1) is 12.8 Å². The average molecular weight is 316 g/mol. The molecule has 1 unspecified atom stereocenters. The standard InChI is InChI=1S/C16H14BrNO/c1-19-16-12-7-3-2-6-11(12)10-14(17)13-8-4-5-9-15(13)18-16/h2-9,14H,10H2,1H3. The van der Waals surface area contributed by atoms with Crippen molar-refractivity contribution in [3.8, 4) is 0 Å². The molecule has 1 aliphatic heterocycles. The summed E-state index contributed by atoms with van der Waals surface area (Å²) in [7, 11) is 1.67. The molecule has 1 aliphatic rings. The Kier molecular flexibility index (Phi) is 3.38. The highest BCUT2D eigenvalue weighted by molar-refractivity contribution is 9.09. The number of fused-ring (bicyclic) bond motifs is 2. The van der Waals surface area contributed by atoms with Gasteiger partial charge in [-0.05, 0) is 29.7 Å². The van der Waals surface area contributed by atoms with E-state index in [0.717, 1.165) is 17.7 Å². The molecule has 0 saturated heterocycles. The average Bonchev–Trinajstić information content (AvgIpc) is 2.44. The Morgan fingerprint density at radius 2 is 1.84 bits per heavy atom. The molecule has 1 heterocycles. The molecule has 1 atom stereocenters. The highest BCUT2D eigenvalue weighted by Gasteiger charge is 2.20. The van der Waals surface area contributed by atoms with Gasteiger partial charge >= 0.3 is 0 Å². The number of para-hydroxylation sites is 1. The van der Waals surface area contributed by atoms with Crippen LogP contribution in [0.25, 0.3) is 0 Å². The first-order valence-electron chi connectivity index (χ1n) is 6.23. The molecule has 96 valence electrons. The van der Waals surface area contributed by atoms with Crippen molar-refractivity contribution in [2.24, 2.45) is 4.99 Å². The smallest absolute Gasteiger partial charge is 0.221 e. The van der Waals surface area contributed by atoms with E-state index in [1.165, 1.54) is 11.1 Å². The van der Waals surface area contributed by atoms with Crippen molar-refractivity contribution in [3.63, 3.8) is 0 Å². The first-order chi connectivity index (χ1) is 9.29. The molecular formula is C16H14BrNO. The van der Waals surface area contributed by atoms with E-state index in [1.54, 1.807) is 7.11 Å². The number of ether oxygens (including phenoxy) is 1. The molecule has 3 heteroatoms. The van der Waals surface area contributed by atoms with E-state index >= 15 is 0 Å². The van der Waals surface area contributed by atoms with Gasteiger partial charge in [-0.25, -0.2) is 4.99 Å². The summed E-state index contributed by atoms with van der Waals surface area (Å²) in [5, 5.41) is 0. The number of nitrogens with zero attached hydrogens (tertiary/aromatic N) is 1. The van der Waals surface area contributed by atoms with Crippen molar-refractivity contribution < 1.29 is 4.74 Å². The van der Waals surface area contributed by atoms with Gasteiger partial charge in [0.1, 0.15) is 0 Å². The Morgan fingerprint density at radius 1 is 1.11 bits per heavy atom. The highest BCUT2D eigenvalue weighted by atomic mass is 79.9. The molecule has 0 aromatic heterocycles. The molecule has 2 aromatic carbocycles. The number of benzene rings is 2. The zero-order valence-corrected chi connectivity index (χ0v) is 12.2. The molecule has 3 rings (SSSR count). The van der Waals surface area contributed by atoms with Crippen molar-refractivity contribution in [2.45, 2.75) is 11.2 Å². The van der Waals surface area contributed by atoms with E-state index in [1.807, 2.05) is 24.3 Å². The molecular weight excluding hydrogens is 302 g/mol. The topological polar surface area (TPSA) is 21.6 Å². The van der Waals surface area contributed by atoms with Crippen LogP contribution in [-0.4, -0.2) is 13.0 Å². The summed E-state index contributed by atoms with van der Waals surface area (Å²) in [5.41, 5.74) is 4.49. The Hall–Kier alpha value is -1.61. The van der Waals surface area contributed by atoms with Crippen molar-refractivity contribution in [1.82, 2.24) is 0 Å². The zero-order chi connectivity index (χ0) is 13.2. The minimum absolute atomic E-state index is 0.270. The Labute approximate surface area is 121 Å². The largest absolute Gasteiger partial charge is 0.481 e. The summed E-state index contributed by atoms with van der Waals surface area (Å²) in [6.07, 6.45) is 0.926. The normalized spacial score (nSPS) is 17.6. The summed E-state index contributed by atoms with van der Waals surface area (Å²) in [4.78, 5) is 4.94. The lowest BCUT2D eigenvalue weighted by Crippen LogP contribution is -2.11. The third kappa shape index (κ3) is 2.30. The molecule has 0 fully saturated rings. The van der Waals surface area contributed by atoms with Gasteiger partial charge in [0.2, 0.25) is 5.90 Å². The Bertz CT molecular complexity index is 636. The number of alkyl halides is 1. The first-order valence-corrected chi connectivity index (χ1v) is 7.15. The van der Waals surface area contributed by atoms with Gasteiger partial charge in [0.25, 0.3) is 0 Å². The van der Waals surface area contributed by atoms with Crippen molar-refractivity contribution in [3.05, 3.63) is 65.2 Å². The molecule has 19 heavy (non-hydrogen) atoms. The predicted molar refractivity (Wildman–Crippen MR) is 81.5 cm³/mol. The van der Waals surface area contributed by atoms with Gasteiger partial charge in [-0.3, -0.25) is 0 Å². The number of rotatable bonds is 0. The van der Waals surface area contributed by atoms with Crippen LogP contribution < -0.4 is 0 Å². The highest BCUT2D eigenvalue weighted by Crippen LogP contribution is 2.36. The SMILES string of the molecule is COC1=Nc2ccccc2C(Br)Cc2ccccc21. The fourth-order valence-corrected chi connectivity index (χ4v) is 3.13. The van der Waals surface area contributed by atoms with Crippen LogP contribution in [0.3, 0.4) is 0 Å². The second kappa shape index (κ2) is 5.17. The summed E-state index contributed by atoms with van der Waals surface area (Å²) < 4.78 is 5.48. The van der Waals surface area contributed by atoms with E-state index < -0.39 is 0 Å². The fourth-order valence-electron chi connectivity index (χ4n) is 2.39. The maximum absolute atomic E-state index is 5.48. The van der Waals surface area contributed by atoms with E-state index in [2.05, 4.69) is 45.2 Å². The van der Waals surface area contributed by atoms with Gasteiger partial charge in [-0.15, -0.1) is 0 Å². The summed E-state index contributed by atoms with van der Waals surface area (Å²) in [6.45, 7) is 0. The number of methoxy groups -OCH3 is 1. The van der Waals surface area contributed by atoms with Crippen LogP contribution in [-0.2, 0) is 11.2 Å². The quantitative estimate of drug-likeness (QED) is 0.660. The lowest BCUT2D eigenvalue weighted by molar-refractivity contribution is 0.404. The van der Waals surface area contributed by atoms with Crippen molar-refractivity contribution >= 4 is 27.5 Å². The molecule has 0 amide bonds.